The van der Waals surface area contributed by atoms with Crippen LogP contribution in [0.2, 0.25) is 5.02 Å². The van der Waals surface area contributed by atoms with Gasteiger partial charge in [0.1, 0.15) is 5.02 Å². The van der Waals surface area contributed by atoms with Crippen LogP contribution in [0, 0.1) is 0 Å². The molecule has 2 N–H and O–H groups in total. The predicted octanol–water partition coefficient (Wildman–Crippen LogP) is 2.99. The number of aliphatic hydroxyl groups is 1. The monoisotopic (exact) mass is 383 g/mol. The third-order valence-electron chi connectivity index (χ3n) is 3.38. The lowest BCUT2D eigenvalue weighted by Gasteiger charge is -2.31. The van der Waals surface area contributed by atoms with Gasteiger partial charge in [-0.15, -0.1) is 0 Å². The highest BCUT2D eigenvalue weighted by molar-refractivity contribution is 9.10. The number of hydrogen-bond donors (Lipinski definition) is 2. The molecule has 6 nitrogen and oxygen atoms in total. The summed E-state index contributed by atoms with van der Waals surface area (Å²) in [6.07, 6.45) is 6.35. The summed E-state index contributed by atoms with van der Waals surface area (Å²) in [7, 11) is 0. The van der Waals surface area contributed by atoms with Crippen molar-refractivity contribution < 1.29 is 5.11 Å². The molecule has 116 valence electrons. The second-order valence-electron chi connectivity index (χ2n) is 5.12. The predicted molar refractivity (Wildman–Crippen MR) is 89.7 cm³/mol. The number of nitrogens with zero attached hydrogens (tertiary/aromatic N) is 4. The van der Waals surface area contributed by atoms with Gasteiger partial charge in [0, 0.05) is 23.8 Å². The first-order valence-electron chi connectivity index (χ1n) is 6.95. The van der Waals surface area contributed by atoms with Crippen LogP contribution < -0.4 is 10.2 Å². The molecule has 3 rings (SSSR count). The Morgan fingerprint density at radius 2 is 2.23 bits per heavy atom. The van der Waals surface area contributed by atoms with Gasteiger partial charge < -0.3 is 15.3 Å². The maximum absolute atomic E-state index is 9.81. The smallest absolute Gasteiger partial charge is 0.229 e. The highest BCUT2D eigenvalue weighted by Crippen LogP contribution is 2.27. The molecule has 0 aliphatic carbocycles. The maximum atomic E-state index is 9.81. The molecule has 0 unspecified atom stereocenters. The van der Waals surface area contributed by atoms with E-state index in [1.165, 1.54) is 0 Å². The number of aromatic nitrogens is 3. The number of piperidine rings is 1. The molecule has 2 aromatic rings. The van der Waals surface area contributed by atoms with E-state index in [1.54, 1.807) is 18.6 Å². The van der Waals surface area contributed by atoms with E-state index in [9.17, 15) is 5.11 Å². The fourth-order valence-corrected chi connectivity index (χ4v) is 2.97. The fourth-order valence-electron chi connectivity index (χ4n) is 2.40. The third-order valence-corrected chi connectivity index (χ3v) is 4.08. The fraction of sp³-hybridized carbons (Fsp3) is 0.357. The Balaban J connectivity index is 1.83. The van der Waals surface area contributed by atoms with Crippen molar-refractivity contribution in [1.82, 2.24) is 15.0 Å². The summed E-state index contributed by atoms with van der Waals surface area (Å²) in [6.45, 7) is 1.36. The van der Waals surface area contributed by atoms with Gasteiger partial charge in [0.15, 0.2) is 5.82 Å². The Morgan fingerprint density at radius 1 is 1.36 bits per heavy atom. The van der Waals surface area contributed by atoms with Crippen molar-refractivity contribution in [3.05, 3.63) is 34.2 Å². The van der Waals surface area contributed by atoms with Crippen LogP contribution in [0.3, 0.4) is 0 Å². The van der Waals surface area contributed by atoms with E-state index in [-0.39, 0.29) is 6.10 Å². The van der Waals surface area contributed by atoms with Crippen molar-refractivity contribution in [3.63, 3.8) is 0 Å². The van der Waals surface area contributed by atoms with Crippen LogP contribution in [-0.4, -0.2) is 39.3 Å². The summed E-state index contributed by atoms with van der Waals surface area (Å²) in [4.78, 5) is 14.7. The molecule has 8 heteroatoms. The average molecular weight is 385 g/mol. The van der Waals surface area contributed by atoms with Crippen LogP contribution in [0.1, 0.15) is 12.8 Å². The van der Waals surface area contributed by atoms with Gasteiger partial charge in [0.25, 0.3) is 0 Å². The van der Waals surface area contributed by atoms with Crippen LogP contribution in [0.25, 0.3) is 0 Å². The number of pyridine rings is 1. The number of hydrogen-bond acceptors (Lipinski definition) is 6. The molecule has 22 heavy (non-hydrogen) atoms. The Hall–Kier alpha value is -1.44. The van der Waals surface area contributed by atoms with Gasteiger partial charge >= 0.3 is 0 Å². The van der Waals surface area contributed by atoms with Crippen LogP contribution in [0.5, 0.6) is 0 Å². The number of β-amino-alcohol motifs (C(OH)–C–C–N with tert-alkyl or cyclic N) is 1. The second kappa shape index (κ2) is 6.76. The highest BCUT2D eigenvalue weighted by atomic mass is 79.9. The first-order chi connectivity index (χ1) is 10.6. The molecule has 0 saturated carbocycles. The van der Waals surface area contributed by atoms with Gasteiger partial charge in [-0.05, 0) is 34.8 Å². The lowest BCUT2D eigenvalue weighted by Crippen LogP contribution is -2.39. The zero-order chi connectivity index (χ0) is 15.5. The van der Waals surface area contributed by atoms with Crippen molar-refractivity contribution in [1.29, 1.82) is 0 Å². The first-order valence-corrected chi connectivity index (χ1v) is 8.12. The lowest BCUT2D eigenvalue weighted by molar-refractivity contribution is 0.154. The summed E-state index contributed by atoms with van der Waals surface area (Å²) < 4.78 is 0.867. The largest absolute Gasteiger partial charge is 0.391 e. The van der Waals surface area contributed by atoms with Gasteiger partial charge in [-0.2, -0.15) is 4.98 Å². The quantitative estimate of drug-likeness (QED) is 0.847. The molecule has 0 radical (unpaired) electrons. The third kappa shape index (κ3) is 3.66. The normalized spacial score (nSPS) is 18.3. The number of anilines is 3. The Morgan fingerprint density at radius 3 is 3.00 bits per heavy atom. The molecular formula is C14H15BrClN5O. The number of rotatable bonds is 3. The molecule has 0 aromatic carbocycles. The minimum absolute atomic E-state index is 0.342. The van der Waals surface area contributed by atoms with Crippen molar-refractivity contribution in [3.8, 4) is 0 Å². The molecule has 0 spiro atoms. The second-order valence-corrected chi connectivity index (χ2v) is 6.45. The van der Waals surface area contributed by atoms with E-state index >= 15 is 0 Å². The summed E-state index contributed by atoms with van der Waals surface area (Å²) >= 11 is 9.58. The van der Waals surface area contributed by atoms with E-state index in [0.29, 0.717) is 23.3 Å². The number of aliphatic hydroxyl groups excluding tert-OH is 1. The molecular weight excluding hydrogens is 370 g/mol. The minimum Gasteiger partial charge on any atom is -0.391 e. The summed E-state index contributed by atoms with van der Waals surface area (Å²) in [6, 6.07) is 1.88. The van der Waals surface area contributed by atoms with E-state index in [1.807, 2.05) is 11.0 Å². The summed E-state index contributed by atoms with van der Waals surface area (Å²) in [5.41, 5.74) is 0.779. The van der Waals surface area contributed by atoms with Gasteiger partial charge in [0.05, 0.1) is 24.2 Å². The molecule has 1 saturated heterocycles. The standard InChI is InChI=1S/C14H15BrClN5O/c15-9-4-10(6-17-5-9)19-14-18-7-12(16)13(20-14)21-3-1-2-11(22)8-21/h4-7,11,22H,1-3,8H2,(H,18,19,20)/t11-/m0/s1. The molecule has 1 aliphatic rings. The van der Waals surface area contributed by atoms with Crippen molar-refractivity contribution in [2.24, 2.45) is 0 Å². The molecule has 1 aliphatic heterocycles. The average Bonchev–Trinajstić information content (AvgIpc) is 2.49. The molecule has 0 amide bonds. The number of halogens is 2. The summed E-state index contributed by atoms with van der Waals surface area (Å²) in [5, 5.41) is 13.4. The SMILES string of the molecule is O[C@H]1CCCN(c2nc(Nc3cncc(Br)c3)ncc2Cl)C1. The summed E-state index contributed by atoms with van der Waals surface area (Å²) in [5.74, 6) is 1.08. The zero-order valence-corrected chi connectivity index (χ0v) is 14.0. The van der Waals surface area contributed by atoms with Crippen LogP contribution >= 0.6 is 27.5 Å². The first kappa shape index (κ1) is 15.5. The molecule has 3 heterocycles. The van der Waals surface area contributed by atoms with Gasteiger partial charge in [-0.3, -0.25) is 4.98 Å². The molecule has 0 bridgehead atoms. The highest BCUT2D eigenvalue weighted by Gasteiger charge is 2.21. The topological polar surface area (TPSA) is 74.2 Å². The molecule has 2 aromatic heterocycles. The van der Waals surface area contributed by atoms with E-state index < -0.39 is 0 Å². The molecule has 1 atom stereocenters. The Labute approximate surface area is 141 Å². The van der Waals surface area contributed by atoms with Gasteiger partial charge in [0.2, 0.25) is 5.95 Å². The van der Waals surface area contributed by atoms with Crippen molar-refractivity contribution in [2.75, 3.05) is 23.3 Å². The zero-order valence-electron chi connectivity index (χ0n) is 11.7. The van der Waals surface area contributed by atoms with E-state index in [0.717, 1.165) is 29.5 Å². The van der Waals surface area contributed by atoms with Crippen LogP contribution in [-0.2, 0) is 0 Å². The van der Waals surface area contributed by atoms with E-state index in [2.05, 4.69) is 36.2 Å². The number of nitrogens with one attached hydrogen (secondary N) is 1. The Kier molecular flexibility index (Phi) is 4.75. The van der Waals surface area contributed by atoms with E-state index in [4.69, 9.17) is 11.6 Å². The van der Waals surface area contributed by atoms with Gasteiger partial charge in [-0.25, -0.2) is 4.98 Å². The minimum atomic E-state index is -0.342. The van der Waals surface area contributed by atoms with Crippen molar-refractivity contribution in [2.45, 2.75) is 18.9 Å². The maximum Gasteiger partial charge on any atom is 0.229 e. The lowest BCUT2D eigenvalue weighted by atomic mass is 10.1. The molecule has 1 fully saturated rings. The van der Waals surface area contributed by atoms with Crippen LogP contribution in [0.15, 0.2) is 29.1 Å². The van der Waals surface area contributed by atoms with Crippen LogP contribution in [0.4, 0.5) is 17.5 Å². The Bertz CT molecular complexity index is 671. The van der Waals surface area contributed by atoms with Crippen molar-refractivity contribution >= 4 is 45.0 Å². The van der Waals surface area contributed by atoms with Gasteiger partial charge in [-0.1, -0.05) is 11.6 Å².